The van der Waals surface area contributed by atoms with Gasteiger partial charge in [-0.25, -0.2) is 18.5 Å². The summed E-state index contributed by atoms with van der Waals surface area (Å²) in [5.41, 5.74) is 0. The molecule has 3 saturated heterocycles. The molecule has 0 N–H and O–H groups in total. The van der Waals surface area contributed by atoms with Crippen LogP contribution < -0.4 is 0 Å². The van der Waals surface area contributed by atoms with E-state index in [1.54, 1.807) is 0 Å². The van der Waals surface area contributed by atoms with Gasteiger partial charge in [0.25, 0.3) is 0 Å². The molecular formula is C22H44N2O6P2. The summed E-state index contributed by atoms with van der Waals surface area (Å²) in [7, 11) is -6.82. The van der Waals surface area contributed by atoms with Crippen LogP contribution in [-0.2, 0) is 27.2 Å². The molecule has 3 aliphatic heterocycles. The molecule has 10 heteroatoms. The molecule has 0 radical (unpaired) electrons. The highest BCUT2D eigenvalue weighted by molar-refractivity contribution is 7.52. The summed E-state index contributed by atoms with van der Waals surface area (Å²) in [4.78, 5) is 0. The van der Waals surface area contributed by atoms with Crippen LogP contribution in [0.2, 0.25) is 0 Å². The van der Waals surface area contributed by atoms with Gasteiger partial charge in [-0.3, -0.25) is 18.1 Å². The smallest absolute Gasteiger partial charge is 0.296 e. The Bertz CT molecular complexity index is 652. The molecule has 8 atom stereocenters. The molecule has 3 rings (SSSR count). The van der Waals surface area contributed by atoms with E-state index in [1.807, 2.05) is 23.2 Å². The summed E-state index contributed by atoms with van der Waals surface area (Å²) in [6.45, 7) is 14.2. The van der Waals surface area contributed by atoms with Crippen molar-refractivity contribution in [2.75, 3.05) is 26.3 Å². The molecule has 3 aliphatic rings. The quantitative estimate of drug-likeness (QED) is 0.376. The Morgan fingerprint density at radius 3 is 1.41 bits per heavy atom. The Labute approximate surface area is 194 Å². The van der Waals surface area contributed by atoms with E-state index < -0.39 is 15.5 Å². The van der Waals surface area contributed by atoms with Crippen LogP contribution in [0, 0.1) is 11.8 Å². The van der Waals surface area contributed by atoms with Crippen LogP contribution in [0.5, 0.6) is 0 Å². The van der Waals surface area contributed by atoms with Gasteiger partial charge in [0.2, 0.25) is 0 Å². The summed E-state index contributed by atoms with van der Waals surface area (Å²) in [5.74, 6) is 0.542. The zero-order valence-electron chi connectivity index (χ0n) is 20.8. The minimum absolute atomic E-state index is 0.0470. The minimum atomic E-state index is -3.41. The second-order valence-corrected chi connectivity index (χ2v) is 13.5. The molecule has 0 bridgehead atoms. The molecule has 0 saturated carbocycles. The Balaban J connectivity index is 1.72. The minimum Gasteiger partial charge on any atom is -0.296 e. The lowest BCUT2D eigenvalue weighted by Crippen LogP contribution is -2.55. The fraction of sp³-hybridized carbons (Fsp3) is 1.00. The maximum atomic E-state index is 13.8. The summed E-state index contributed by atoms with van der Waals surface area (Å²) >= 11 is 0. The van der Waals surface area contributed by atoms with Gasteiger partial charge in [-0.15, -0.1) is 0 Å². The van der Waals surface area contributed by atoms with E-state index in [0.29, 0.717) is 26.3 Å². The van der Waals surface area contributed by atoms with Gasteiger partial charge < -0.3 is 0 Å². The highest BCUT2D eigenvalue weighted by Crippen LogP contribution is 2.63. The van der Waals surface area contributed by atoms with E-state index in [0.717, 1.165) is 38.5 Å². The van der Waals surface area contributed by atoms with Gasteiger partial charge in [0, 0.05) is 37.0 Å². The van der Waals surface area contributed by atoms with Crippen molar-refractivity contribution in [1.29, 1.82) is 0 Å². The second kappa shape index (κ2) is 11.3. The number of nitrogens with zero attached hydrogens (tertiary/aromatic N) is 2. The van der Waals surface area contributed by atoms with Crippen molar-refractivity contribution in [3.63, 3.8) is 0 Å². The van der Waals surface area contributed by atoms with Gasteiger partial charge in [-0.2, -0.15) is 0 Å². The molecule has 3 heterocycles. The van der Waals surface area contributed by atoms with Crippen LogP contribution in [0.1, 0.15) is 80.1 Å². The third kappa shape index (κ3) is 5.54. The first kappa shape index (κ1) is 26.8. The highest BCUT2D eigenvalue weighted by Gasteiger charge is 2.52. The average Bonchev–Trinajstić information content (AvgIpc) is 2.76. The largest absolute Gasteiger partial charge is 0.408 e. The SMILES string of the molecule is CCC[C@@H]1O[P@](=O)(N2C[C@H](C)N([P@]3(=O)OC[C@H](CC)[C@H](CCC)O3)C[C@H]2C)OC[C@H]1CC. The lowest BCUT2D eigenvalue weighted by atomic mass is 9.97. The Morgan fingerprint density at radius 1 is 0.719 bits per heavy atom. The van der Waals surface area contributed by atoms with Crippen molar-refractivity contribution < 1.29 is 27.2 Å². The molecule has 0 aliphatic carbocycles. The molecule has 3 fully saturated rings. The van der Waals surface area contributed by atoms with Crippen LogP contribution in [0.25, 0.3) is 0 Å². The Kier molecular flexibility index (Phi) is 9.47. The fourth-order valence-corrected chi connectivity index (χ4v) is 9.76. The lowest BCUT2D eigenvalue weighted by Gasteiger charge is -2.50. The van der Waals surface area contributed by atoms with Gasteiger partial charge >= 0.3 is 15.5 Å². The van der Waals surface area contributed by atoms with Crippen molar-refractivity contribution in [2.24, 2.45) is 11.8 Å². The number of rotatable bonds is 8. The van der Waals surface area contributed by atoms with Gasteiger partial charge in [-0.05, 0) is 39.5 Å². The summed E-state index contributed by atoms with van der Waals surface area (Å²) in [5, 5.41) is 0. The van der Waals surface area contributed by atoms with Crippen LogP contribution in [-0.4, -0.2) is 59.9 Å². The van der Waals surface area contributed by atoms with Crippen molar-refractivity contribution in [1.82, 2.24) is 9.34 Å². The molecule has 0 aromatic rings. The first-order valence-corrected chi connectivity index (χ1v) is 15.6. The summed E-state index contributed by atoms with van der Waals surface area (Å²) in [6, 6.07) is -0.326. The van der Waals surface area contributed by atoms with E-state index >= 15 is 0 Å². The molecule has 0 spiro atoms. The van der Waals surface area contributed by atoms with Crippen LogP contribution in [0.15, 0.2) is 0 Å². The van der Waals surface area contributed by atoms with Gasteiger partial charge in [0.1, 0.15) is 0 Å². The van der Waals surface area contributed by atoms with Crippen LogP contribution >= 0.6 is 15.5 Å². The number of hydrogen-bond acceptors (Lipinski definition) is 6. The van der Waals surface area contributed by atoms with Crippen molar-refractivity contribution in [2.45, 2.75) is 104 Å². The third-order valence-corrected chi connectivity index (χ3v) is 11.6. The van der Waals surface area contributed by atoms with Crippen LogP contribution in [0.3, 0.4) is 0 Å². The van der Waals surface area contributed by atoms with Crippen molar-refractivity contribution in [3.05, 3.63) is 0 Å². The predicted octanol–water partition coefficient (Wildman–Crippen LogP) is 6.08. The molecule has 0 aromatic heterocycles. The first-order valence-electron chi connectivity index (χ1n) is 12.6. The van der Waals surface area contributed by atoms with Crippen LogP contribution in [0.4, 0.5) is 0 Å². The molecule has 188 valence electrons. The monoisotopic (exact) mass is 494 g/mol. The number of piperazine rings is 1. The van der Waals surface area contributed by atoms with E-state index in [9.17, 15) is 9.13 Å². The van der Waals surface area contributed by atoms with E-state index in [2.05, 4.69) is 27.7 Å². The van der Waals surface area contributed by atoms with E-state index in [4.69, 9.17) is 18.1 Å². The average molecular weight is 495 g/mol. The normalized spacial score (nSPS) is 44.6. The molecule has 32 heavy (non-hydrogen) atoms. The topological polar surface area (TPSA) is 77.5 Å². The predicted molar refractivity (Wildman–Crippen MR) is 127 cm³/mol. The molecule has 0 amide bonds. The maximum absolute atomic E-state index is 13.8. The molecule has 0 unspecified atom stereocenters. The zero-order valence-corrected chi connectivity index (χ0v) is 22.6. The Morgan fingerprint density at radius 2 is 1.09 bits per heavy atom. The second-order valence-electron chi connectivity index (χ2n) is 9.67. The zero-order chi connectivity index (χ0) is 23.5. The van der Waals surface area contributed by atoms with Gasteiger partial charge in [-0.1, -0.05) is 40.5 Å². The van der Waals surface area contributed by atoms with Crippen molar-refractivity contribution in [3.8, 4) is 0 Å². The maximum Gasteiger partial charge on any atom is 0.408 e. The molecular weight excluding hydrogens is 450 g/mol. The first-order chi connectivity index (χ1) is 15.2. The number of hydrogen-bond donors (Lipinski definition) is 0. The molecule has 0 aromatic carbocycles. The standard InChI is InChI=1S/C22H44N2O6P2/c1-7-11-21-19(9-3)15-27-31(25,29-21)23-13-18(6)24(14-17(23)5)32(26)28-16-20(10-4)22(30-32)12-8-2/h17-22H,7-16H2,1-6H3/t17-,18+,19-,20+,21-,22-,31-,32-/m0/s1. The highest BCUT2D eigenvalue weighted by atomic mass is 31.2. The Hall–Kier alpha value is 0.220. The van der Waals surface area contributed by atoms with E-state index in [1.165, 1.54) is 0 Å². The summed E-state index contributed by atoms with van der Waals surface area (Å²) < 4.78 is 55.5. The van der Waals surface area contributed by atoms with E-state index in [-0.39, 0.29) is 36.1 Å². The van der Waals surface area contributed by atoms with Gasteiger partial charge in [0.05, 0.1) is 25.4 Å². The lowest BCUT2D eigenvalue weighted by molar-refractivity contribution is -0.0274. The third-order valence-electron chi connectivity index (χ3n) is 7.24. The van der Waals surface area contributed by atoms with Gasteiger partial charge in [0.15, 0.2) is 0 Å². The molecule has 8 nitrogen and oxygen atoms in total. The fourth-order valence-electron chi connectivity index (χ4n) is 5.12. The van der Waals surface area contributed by atoms with Crippen molar-refractivity contribution >= 4 is 15.5 Å². The summed E-state index contributed by atoms with van der Waals surface area (Å²) in [6.07, 6.45) is 5.52.